The predicted octanol–water partition coefficient (Wildman–Crippen LogP) is 2.30. The number of rotatable bonds is 6. The van der Waals surface area contributed by atoms with Gasteiger partial charge in [-0.1, -0.05) is 11.3 Å². The molecule has 0 fully saturated rings. The summed E-state index contributed by atoms with van der Waals surface area (Å²) in [6.07, 6.45) is 1.65. The van der Waals surface area contributed by atoms with Gasteiger partial charge in [0.25, 0.3) is 11.2 Å². The standard InChI is InChI=1S/C20H16N4O6S/c1-28-14-9-12(10-15(29-2)17(14)30-3)18-21-20-23(22-18)19(25)16(31-20)8-11-4-6-13(7-5-11)24(26)27/h4-10H,1-3H3. The van der Waals surface area contributed by atoms with Gasteiger partial charge in [0, 0.05) is 17.7 Å². The minimum absolute atomic E-state index is 0.0165. The van der Waals surface area contributed by atoms with Gasteiger partial charge in [-0.25, -0.2) is 0 Å². The van der Waals surface area contributed by atoms with Crippen LogP contribution in [0.25, 0.3) is 22.4 Å². The van der Waals surface area contributed by atoms with Crippen LogP contribution in [0.1, 0.15) is 5.56 Å². The summed E-state index contributed by atoms with van der Waals surface area (Å²) in [5.41, 5.74) is 0.921. The lowest BCUT2D eigenvalue weighted by Crippen LogP contribution is -2.23. The number of methoxy groups -OCH3 is 3. The molecule has 0 saturated carbocycles. The zero-order chi connectivity index (χ0) is 22.1. The third kappa shape index (κ3) is 3.66. The Balaban J connectivity index is 1.76. The van der Waals surface area contributed by atoms with Crippen molar-refractivity contribution in [1.82, 2.24) is 14.6 Å². The number of hydrogen-bond acceptors (Lipinski definition) is 9. The maximum Gasteiger partial charge on any atom is 0.291 e. The first-order valence-corrected chi connectivity index (χ1v) is 9.73. The van der Waals surface area contributed by atoms with Crippen LogP contribution in [0.3, 0.4) is 0 Å². The van der Waals surface area contributed by atoms with Crippen LogP contribution >= 0.6 is 11.3 Å². The van der Waals surface area contributed by atoms with Crippen LogP contribution in [0.4, 0.5) is 5.69 Å². The average Bonchev–Trinajstić information content (AvgIpc) is 3.32. The fraction of sp³-hybridized carbons (Fsp3) is 0.150. The summed E-state index contributed by atoms with van der Waals surface area (Å²) in [6.45, 7) is 0. The molecule has 0 bridgehead atoms. The molecule has 0 aliphatic rings. The van der Waals surface area contributed by atoms with Crippen molar-refractivity contribution in [2.75, 3.05) is 21.3 Å². The molecular weight excluding hydrogens is 424 g/mol. The number of fused-ring (bicyclic) bond motifs is 1. The van der Waals surface area contributed by atoms with E-state index < -0.39 is 4.92 Å². The minimum atomic E-state index is -0.476. The molecule has 0 aliphatic heterocycles. The van der Waals surface area contributed by atoms with E-state index >= 15 is 0 Å². The van der Waals surface area contributed by atoms with Crippen molar-refractivity contribution >= 4 is 28.1 Å². The van der Waals surface area contributed by atoms with E-state index in [1.165, 1.54) is 49.3 Å². The number of ether oxygens (including phenoxy) is 3. The Kier molecular flexibility index (Phi) is 5.26. The third-order valence-electron chi connectivity index (χ3n) is 4.51. The SMILES string of the molecule is COc1cc(-c2nc3sc(=Cc4ccc([N+](=O)[O-])cc4)c(=O)n3n2)cc(OC)c1OC. The second-order valence-corrected chi connectivity index (χ2v) is 7.32. The number of hydrogen-bond donors (Lipinski definition) is 0. The van der Waals surface area contributed by atoms with Crippen LogP contribution < -0.4 is 24.3 Å². The Morgan fingerprint density at radius 3 is 2.23 bits per heavy atom. The fourth-order valence-corrected chi connectivity index (χ4v) is 3.92. The molecule has 0 saturated heterocycles. The zero-order valence-electron chi connectivity index (χ0n) is 16.7. The maximum absolute atomic E-state index is 12.8. The molecular formula is C20H16N4O6S. The zero-order valence-corrected chi connectivity index (χ0v) is 17.5. The van der Waals surface area contributed by atoms with E-state index in [1.54, 1.807) is 30.3 Å². The van der Waals surface area contributed by atoms with Gasteiger partial charge in [-0.15, -0.1) is 5.10 Å². The summed E-state index contributed by atoms with van der Waals surface area (Å²) < 4.78 is 17.7. The summed E-state index contributed by atoms with van der Waals surface area (Å²) in [4.78, 5) is 27.9. The van der Waals surface area contributed by atoms with Crippen LogP contribution in [0.5, 0.6) is 17.2 Å². The number of benzene rings is 2. The van der Waals surface area contributed by atoms with Crippen molar-refractivity contribution in [3.63, 3.8) is 0 Å². The first-order valence-electron chi connectivity index (χ1n) is 8.91. The van der Waals surface area contributed by atoms with Gasteiger partial charge in [0.1, 0.15) is 0 Å². The second kappa shape index (κ2) is 8.03. The molecule has 11 heteroatoms. The molecule has 10 nitrogen and oxygen atoms in total. The minimum Gasteiger partial charge on any atom is -0.493 e. The Hall–Kier alpha value is -3.99. The molecule has 0 atom stereocenters. The van der Waals surface area contributed by atoms with Crippen LogP contribution in [0, 0.1) is 10.1 Å². The van der Waals surface area contributed by atoms with Gasteiger partial charge in [-0.05, 0) is 35.9 Å². The molecule has 0 radical (unpaired) electrons. The van der Waals surface area contributed by atoms with Gasteiger partial charge in [0.15, 0.2) is 17.3 Å². The van der Waals surface area contributed by atoms with Crippen molar-refractivity contribution in [3.05, 3.63) is 67.0 Å². The number of nitrogens with zero attached hydrogens (tertiary/aromatic N) is 4. The Morgan fingerprint density at radius 2 is 1.71 bits per heavy atom. The Bertz CT molecular complexity index is 1370. The normalized spacial score (nSPS) is 11.6. The smallest absolute Gasteiger partial charge is 0.291 e. The summed E-state index contributed by atoms with van der Waals surface area (Å²) in [6, 6.07) is 9.33. The highest BCUT2D eigenvalue weighted by atomic mass is 32.1. The largest absolute Gasteiger partial charge is 0.493 e. The van der Waals surface area contributed by atoms with Crippen molar-refractivity contribution in [2.45, 2.75) is 0 Å². The first kappa shape index (κ1) is 20.3. The van der Waals surface area contributed by atoms with Crippen LogP contribution in [-0.2, 0) is 0 Å². The maximum atomic E-state index is 12.8. The summed E-state index contributed by atoms with van der Waals surface area (Å²) in [7, 11) is 4.53. The third-order valence-corrected chi connectivity index (χ3v) is 5.47. The summed E-state index contributed by atoms with van der Waals surface area (Å²) >= 11 is 1.17. The van der Waals surface area contributed by atoms with Crippen molar-refractivity contribution in [2.24, 2.45) is 0 Å². The lowest BCUT2D eigenvalue weighted by molar-refractivity contribution is -0.384. The number of thiazole rings is 1. The molecule has 2 aromatic carbocycles. The molecule has 158 valence electrons. The number of aromatic nitrogens is 3. The molecule has 2 aromatic heterocycles. The topological polar surface area (TPSA) is 118 Å². The van der Waals surface area contributed by atoms with E-state index in [2.05, 4.69) is 10.1 Å². The number of nitro benzene ring substituents is 1. The van der Waals surface area contributed by atoms with E-state index in [1.807, 2.05) is 0 Å². The summed E-state index contributed by atoms with van der Waals surface area (Å²) in [5, 5.41) is 15.1. The monoisotopic (exact) mass is 440 g/mol. The Morgan fingerprint density at radius 1 is 1.06 bits per heavy atom. The van der Waals surface area contributed by atoms with Gasteiger partial charge in [-0.3, -0.25) is 14.9 Å². The van der Waals surface area contributed by atoms with E-state index in [0.29, 0.717) is 43.7 Å². The molecule has 0 spiro atoms. The molecule has 2 heterocycles. The highest BCUT2D eigenvalue weighted by molar-refractivity contribution is 7.15. The molecule has 0 N–H and O–H groups in total. The number of nitro groups is 1. The summed E-state index contributed by atoms with van der Waals surface area (Å²) in [5.74, 6) is 1.68. The fourth-order valence-electron chi connectivity index (χ4n) is 3.01. The predicted molar refractivity (Wildman–Crippen MR) is 114 cm³/mol. The van der Waals surface area contributed by atoms with Crippen LogP contribution in [-0.4, -0.2) is 40.9 Å². The van der Waals surface area contributed by atoms with E-state index in [9.17, 15) is 14.9 Å². The van der Waals surface area contributed by atoms with E-state index in [0.717, 1.165) is 0 Å². The molecule has 0 amide bonds. The molecule has 31 heavy (non-hydrogen) atoms. The van der Waals surface area contributed by atoms with E-state index in [4.69, 9.17) is 14.2 Å². The molecule has 0 unspecified atom stereocenters. The second-order valence-electron chi connectivity index (χ2n) is 6.31. The highest BCUT2D eigenvalue weighted by Gasteiger charge is 2.18. The van der Waals surface area contributed by atoms with Gasteiger partial charge < -0.3 is 14.2 Å². The Labute approximate surface area is 179 Å². The van der Waals surface area contributed by atoms with Crippen LogP contribution in [0.2, 0.25) is 0 Å². The van der Waals surface area contributed by atoms with Gasteiger partial charge >= 0.3 is 0 Å². The van der Waals surface area contributed by atoms with Gasteiger partial charge in [-0.2, -0.15) is 9.50 Å². The van der Waals surface area contributed by atoms with Gasteiger partial charge in [0.2, 0.25) is 10.7 Å². The number of non-ortho nitro benzene ring substituents is 1. The van der Waals surface area contributed by atoms with E-state index in [-0.39, 0.29) is 11.2 Å². The molecule has 4 rings (SSSR count). The van der Waals surface area contributed by atoms with Crippen LogP contribution in [0.15, 0.2) is 41.2 Å². The lowest BCUT2D eigenvalue weighted by Gasteiger charge is -2.12. The lowest BCUT2D eigenvalue weighted by atomic mass is 10.1. The average molecular weight is 440 g/mol. The highest BCUT2D eigenvalue weighted by Crippen LogP contribution is 2.40. The van der Waals surface area contributed by atoms with Crippen molar-refractivity contribution in [1.29, 1.82) is 0 Å². The van der Waals surface area contributed by atoms with Crippen molar-refractivity contribution in [3.8, 4) is 28.6 Å². The molecule has 4 aromatic rings. The molecule has 0 aliphatic carbocycles. The van der Waals surface area contributed by atoms with Gasteiger partial charge in [0.05, 0.1) is 30.8 Å². The first-order chi connectivity index (χ1) is 14.9. The van der Waals surface area contributed by atoms with Crippen molar-refractivity contribution < 1.29 is 19.1 Å². The quantitative estimate of drug-likeness (QED) is 0.331.